The van der Waals surface area contributed by atoms with Gasteiger partial charge in [-0.1, -0.05) is 20.8 Å². The lowest BCUT2D eigenvalue weighted by Crippen LogP contribution is -2.56. The molecule has 21 heavy (non-hydrogen) atoms. The molecule has 2 aliphatic rings. The quantitative estimate of drug-likeness (QED) is 0.683. The lowest BCUT2D eigenvalue weighted by atomic mass is 9.86. The summed E-state index contributed by atoms with van der Waals surface area (Å²) in [6.45, 7) is 5.87. The van der Waals surface area contributed by atoms with Crippen molar-refractivity contribution < 1.29 is 14.7 Å². The number of rotatable bonds is 3. The fourth-order valence-corrected chi connectivity index (χ4v) is 2.70. The second kappa shape index (κ2) is 5.93. The summed E-state index contributed by atoms with van der Waals surface area (Å²) >= 11 is 0. The van der Waals surface area contributed by atoms with E-state index >= 15 is 0 Å². The van der Waals surface area contributed by atoms with Crippen LogP contribution in [0.5, 0.6) is 0 Å². The molecule has 0 aromatic heterocycles. The molecule has 120 valence electrons. The number of carbonyl (C=O) groups is 2. The third-order valence-corrected chi connectivity index (χ3v) is 4.52. The van der Waals surface area contributed by atoms with Crippen LogP contribution < -0.4 is 11.1 Å². The number of β-amino-alcohol motifs (C(OH)–C–C–N with tert-alkyl or cyclic N) is 1. The van der Waals surface area contributed by atoms with Gasteiger partial charge < -0.3 is 21.1 Å². The Kier molecular flexibility index (Phi) is 4.58. The van der Waals surface area contributed by atoms with Crippen molar-refractivity contribution in [2.24, 2.45) is 11.1 Å². The average molecular weight is 297 g/mol. The molecule has 0 spiro atoms. The lowest BCUT2D eigenvalue weighted by molar-refractivity contribution is -0.141. The maximum Gasteiger partial charge on any atom is 0.243 e. The highest BCUT2D eigenvalue weighted by Crippen LogP contribution is 2.25. The van der Waals surface area contributed by atoms with Crippen LogP contribution in [0.3, 0.4) is 0 Å². The van der Waals surface area contributed by atoms with Crippen LogP contribution in [-0.2, 0) is 9.59 Å². The maximum atomic E-state index is 12.5. The van der Waals surface area contributed by atoms with Crippen LogP contribution in [0.2, 0.25) is 0 Å². The Labute approximate surface area is 126 Å². The molecule has 1 aliphatic heterocycles. The van der Waals surface area contributed by atoms with Gasteiger partial charge in [-0.25, -0.2) is 0 Å². The first kappa shape index (κ1) is 16.2. The van der Waals surface area contributed by atoms with Gasteiger partial charge in [-0.15, -0.1) is 0 Å². The molecule has 0 aromatic carbocycles. The predicted molar refractivity (Wildman–Crippen MR) is 79.3 cm³/mol. The van der Waals surface area contributed by atoms with Crippen LogP contribution in [0, 0.1) is 5.41 Å². The molecule has 6 heteroatoms. The molecule has 2 rings (SSSR count). The standard InChI is InChI=1S/C15H27N3O3/c1-15(2,3)12(16)14(21)18-8-10(19)7-11(18)13(20)17-9-5-4-6-9/h9-12,19H,4-8,16H2,1-3H3,(H,17,20)/t10-,11+,12?/m1/s1. The minimum atomic E-state index is -0.679. The van der Waals surface area contributed by atoms with E-state index < -0.39 is 18.2 Å². The van der Waals surface area contributed by atoms with E-state index in [9.17, 15) is 14.7 Å². The molecule has 1 aliphatic carbocycles. The number of aliphatic hydroxyl groups excluding tert-OH is 1. The molecule has 3 atom stereocenters. The topological polar surface area (TPSA) is 95.7 Å². The Bertz CT molecular complexity index is 415. The zero-order chi connectivity index (χ0) is 15.8. The number of hydrogen-bond acceptors (Lipinski definition) is 4. The molecule has 2 amide bonds. The summed E-state index contributed by atoms with van der Waals surface area (Å²) in [5.41, 5.74) is 5.64. The first-order valence-corrected chi connectivity index (χ1v) is 7.74. The molecular weight excluding hydrogens is 270 g/mol. The summed E-state index contributed by atoms with van der Waals surface area (Å²) < 4.78 is 0. The summed E-state index contributed by atoms with van der Waals surface area (Å²) in [5.74, 6) is -0.418. The van der Waals surface area contributed by atoms with E-state index in [1.165, 1.54) is 4.90 Å². The molecule has 1 unspecified atom stereocenters. The lowest BCUT2D eigenvalue weighted by Gasteiger charge is -2.34. The van der Waals surface area contributed by atoms with Crippen molar-refractivity contribution in [2.75, 3.05) is 6.54 Å². The van der Waals surface area contributed by atoms with Gasteiger partial charge in [0.2, 0.25) is 11.8 Å². The van der Waals surface area contributed by atoms with Crippen molar-refractivity contribution in [3.05, 3.63) is 0 Å². The van der Waals surface area contributed by atoms with Gasteiger partial charge in [0, 0.05) is 19.0 Å². The van der Waals surface area contributed by atoms with Crippen LogP contribution in [-0.4, -0.2) is 52.6 Å². The molecule has 2 fully saturated rings. The zero-order valence-corrected chi connectivity index (χ0v) is 13.1. The summed E-state index contributed by atoms with van der Waals surface area (Å²) in [7, 11) is 0. The second-order valence-corrected chi connectivity index (χ2v) is 7.38. The first-order valence-electron chi connectivity index (χ1n) is 7.74. The minimum absolute atomic E-state index is 0.161. The number of nitrogens with two attached hydrogens (primary N) is 1. The molecule has 1 saturated carbocycles. The van der Waals surface area contributed by atoms with Crippen molar-refractivity contribution in [2.45, 2.75) is 70.7 Å². The molecule has 4 N–H and O–H groups in total. The van der Waals surface area contributed by atoms with Crippen molar-refractivity contribution in [3.63, 3.8) is 0 Å². The number of amides is 2. The Morgan fingerprint density at radius 3 is 2.43 bits per heavy atom. The molecule has 1 saturated heterocycles. The van der Waals surface area contributed by atoms with Gasteiger partial charge in [-0.2, -0.15) is 0 Å². The third kappa shape index (κ3) is 3.55. The second-order valence-electron chi connectivity index (χ2n) is 7.38. The van der Waals surface area contributed by atoms with Crippen LogP contribution in [0.4, 0.5) is 0 Å². The van der Waals surface area contributed by atoms with Crippen LogP contribution in [0.15, 0.2) is 0 Å². The van der Waals surface area contributed by atoms with Crippen LogP contribution >= 0.6 is 0 Å². The fraction of sp³-hybridized carbons (Fsp3) is 0.867. The number of nitrogens with one attached hydrogen (secondary N) is 1. The van der Waals surface area contributed by atoms with Crippen molar-refractivity contribution in [1.82, 2.24) is 10.2 Å². The summed E-state index contributed by atoms with van der Waals surface area (Å²) in [5, 5.41) is 12.8. The van der Waals surface area contributed by atoms with Gasteiger partial charge in [-0.05, 0) is 24.7 Å². The summed E-state index contributed by atoms with van der Waals surface area (Å²) in [6.07, 6.45) is 2.77. The number of aliphatic hydroxyl groups is 1. The highest BCUT2D eigenvalue weighted by Gasteiger charge is 2.43. The summed E-state index contributed by atoms with van der Waals surface area (Å²) in [6, 6.07) is -1.05. The SMILES string of the molecule is CC(C)(C)C(N)C(=O)N1C[C@H](O)C[C@H]1C(=O)NC1CCC1. The molecule has 0 bridgehead atoms. The summed E-state index contributed by atoms with van der Waals surface area (Å²) in [4.78, 5) is 26.3. The Balaban J connectivity index is 2.05. The van der Waals surface area contributed by atoms with Crippen LogP contribution in [0.1, 0.15) is 46.5 Å². The van der Waals surface area contributed by atoms with E-state index in [1.807, 2.05) is 20.8 Å². The monoisotopic (exact) mass is 297 g/mol. The zero-order valence-electron chi connectivity index (χ0n) is 13.1. The van der Waals surface area contributed by atoms with Gasteiger partial charge in [0.25, 0.3) is 0 Å². The van der Waals surface area contributed by atoms with E-state index in [0.717, 1.165) is 19.3 Å². The van der Waals surface area contributed by atoms with E-state index in [2.05, 4.69) is 5.32 Å². The van der Waals surface area contributed by atoms with Gasteiger partial charge >= 0.3 is 0 Å². The highest BCUT2D eigenvalue weighted by molar-refractivity contribution is 5.91. The smallest absolute Gasteiger partial charge is 0.243 e. The molecule has 6 nitrogen and oxygen atoms in total. The average Bonchev–Trinajstić information content (AvgIpc) is 2.72. The van der Waals surface area contributed by atoms with Crippen molar-refractivity contribution in [1.29, 1.82) is 0 Å². The van der Waals surface area contributed by atoms with E-state index in [0.29, 0.717) is 6.42 Å². The minimum Gasteiger partial charge on any atom is -0.391 e. The molecule has 0 aromatic rings. The van der Waals surface area contributed by atoms with Crippen molar-refractivity contribution >= 4 is 11.8 Å². The van der Waals surface area contributed by atoms with Gasteiger partial charge in [0.1, 0.15) is 6.04 Å². The Morgan fingerprint density at radius 1 is 1.33 bits per heavy atom. The van der Waals surface area contributed by atoms with Crippen molar-refractivity contribution in [3.8, 4) is 0 Å². The molecule has 0 radical (unpaired) electrons. The largest absolute Gasteiger partial charge is 0.391 e. The molecule has 1 heterocycles. The van der Waals surface area contributed by atoms with Gasteiger partial charge in [-0.3, -0.25) is 9.59 Å². The maximum absolute atomic E-state index is 12.5. The van der Waals surface area contributed by atoms with Gasteiger partial charge in [0.15, 0.2) is 0 Å². The first-order chi connectivity index (χ1) is 9.70. The number of likely N-dealkylation sites (tertiary alicyclic amines) is 1. The highest BCUT2D eigenvalue weighted by atomic mass is 16.3. The fourth-order valence-electron chi connectivity index (χ4n) is 2.70. The Morgan fingerprint density at radius 2 is 1.95 bits per heavy atom. The third-order valence-electron chi connectivity index (χ3n) is 4.52. The number of hydrogen-bond donors (Lipinski definition) is 3. The normalized spacial score (nSPS) is 28.1. The van der Waals surface area contributed by atoms with Gasteiger partial charge in [0.05, 0.1) is 12.1 Å². The van der Waals surface area contributed by atoms with Crippen LogP contribution in [0.25, 0.3) is 0 Å². The number of carbonyl (C=O) groups excluding carboxylic acids is 2. The predicted octanol–water partition coefficient (Wildman–Crippen LogP) is -0.00970. The number of nitrogens with zero attached hydrogens (tertiary/aromatic N) is 1. The molecular formula is C15H27N3O3. The Hall–Kier alpha value is -1.14. The van der Waals surface area contributed by atoms with E-state index in [-0.39, 0.29) is 29.8 Å². The van der Waals surface area contributed by atoms with E-state index in [1.54, 1.807) is 0 Å². The van der Waals surface area contributed by atoms with E-state index in [4.69, 9.17) is 5.73 Å².